The molecule has 2 fully saturated rings. The Bertz CT molecular complexity index is 976. The molecular weight excluding hydrogens is 414 g/mol. The van der Waals surface area contributed by atoms with Crippen molar-refractivity contribution in [3.05, 3.63) is 59.2 Å². The summed E-state index contributed by atoms with van der Waals surface area (Å²) in [5, 5.41) is 12.5. The lowest BCUT2D eigenvalue weighted by atomic mass is 9.92. The zero-order valence-corrected chi connectivity index (χ0v) is 19.6. The number of benzene rings is 2. The summed E-state index contributed by atoms with van der Waals surface area (Å²) in [6.07, 6.45) is 7.55. The Morgan fingerprint density at radius 2 is 1.73 bits per heavy atom. The Morgan fingerprint density at radius 3 is 2.42 bits per heavy atom. The number of carboxylic acid groups (broad SMARTS) is 1. The minimum Gasteiger partial charge on any atom is -0.478 e. The summed E-state index contributed by atoms with van der Waals surface area (Å²) in [6, 6.07) is 12.5. The summed E-state index contributed by atoms with van der Waals surface area (Å²) >= 11 is 0. The lowest BCUT2D eigenvalue weighted by molar-refractivity contribution is 0.0696. The van der Waals surface area contributed by atoms with E-state index in [-0.39, 0.29) is 11.5 Å². The number of amides is 1. The van der Waals surface area contributed by atoms with Crippen LogP contribution in [0.1, 0.15) is 64.8 Å². The SMILES string of the molecule is Cc1ccccc1C(=O)Nc1cc(C(=O)O)ccc1N1CCC(CCN2CCCCC2)CC1. The van der Waals surface area contributed by atoms with Gasteiger partial charge in [-0.3, -0.25) is 4.79 Å². The molecule has 6 heteroatoms. The molecule has 2 N–H and O–H groups in total. The molecule has 2 aliphatic heterocycles. The lowest BCUT2D eigenvalue weighted by Gasteiger charge is -2.36. The van der Waals surface area contributed by atoms with E-state index in [9.17, 15) is 14.7 Å². The third-order valence-corrected chi connectivity index (χ3v) is 7.14. The van der Waals surface area contributed by atoms with Gasteiger partial charge in [-0.05, 0) is 94.4 Å². The minimum absolute atomic E-state index is 0.176. The molecule has 2 aromatic carbocycles. The number of hydrogen-bond acceptors (Lipinski definition) is 4. The lowest BCUT2D eigenvalue weighted by Crippen LogP contribution is -2.36. The summed E-state index contributed by atoms with van der Waals surface area (Å²) in [5.74, 6) is -0.482. The van der Waals surface area contributed by atoms with E-state index >= 15 is 0 Å². The molecule has 1 amide bonds. The number of rotatable bonds is 7. The first-order valence-corrected chi connectivity index (χ1v) is 12.2. The van der Waals surface area contributed by atoms with Gasteiger partial charge < -0.3 is 20.2 Å². The van der Waals surface area contributed by atoms with E-state index in [2.05, 4.69) is 15.1 Å². The maximum atomic E-state index is 13.0. The van der Waals surface area contributed by atoms with Crippen LogP contribution in [0.25, 0.3) is 0 Å². The van der Waals surface area contributed by atoms with Crippen LogP contribution in [0.15, 0.2) is 42.5 Å². The van der Waals surface area contributed by atoms with Crippen molar-refractivity contribution in [1.82, 2.24) is 4.90 Å². The Kier molecular flexibility index (Phi) is 7.65. The van der Waals surface area contributed by atoms with Crippen molar-refractivity contribution in [2.24, 2.45) is 5.92 Å². The molecule has 4 rings (SSSR count). The van der Waals surface area contributed by atoms with Gasteiger partial charge in [0.1, 0.15) is 0 Å². The molecule has 33 heavy (non-hydrogen) atoms. The maximum Gasteiger partial charge on any atom is 0.335 e. The highest BCUT2D eigenvalue weighted by atomic mass is 16.4. The van der Waals surface area contributed by atoms with E-state index in [1.165, 1.54) is 45.3 Å². The number of aromatic carboxylic acids is 1. The highest BCUT2D eigenvalue weighted by Gasteiger charge is 2.23. The first kappa shape index (κ1) is 23.3. The van der Waals surface area contributed by atoms with Gasteiger partial charge in [0, 0.05) is 18.7 Å². The molecule has 0 unspecified atom stereocenters. The molecule has 2 saturated heterocycles. The van der Waals surface area contributed by atoms with E-state index < -0.39 is 5.97 Å². The molecule has 0 spiro atoms. The fourth-order valence-corrected chi connectivity index (χ4v) is 5.07. The first-order chi connectivity index (χ1) is 16.0. The fraction of sp³-hybridized carbons (Fsp3) is 0.481. The number of carbonyl (C=O) groups is 2. The monoisotopic (exact) mass is 449 g/mol. The third kappa shape index (κ3) is 5.93. The summed E-state index contributed by atoms with van der Waals surface area (Å²) < 4.78 is 0. The van der Waals surface area contributed by atoms with E-state index in [1.807, 2.05) is 31.2 Å². The average Bonchev–Trinajstić information content (AvgIpc) is 2.84. The standard InChI is InChI=1S/C27H35N3O3/c1-20-7-3-4-8-23(20)26(31)28-24-19-22(27(32)33)9-10-25(24)30-17-12-21(13-18-30)11-16-29-14-5-2-6-15-29/h3-4,7-10,19,21H,2,5-6,11-18H2,1H3,(H,28,31)(H,32,33). The predicted octanol–water partition coefficient (Wildman–Crippen LogP) is 5.04. The highest BCUT2D eigenvalue weighted by Crippen LogP contribution is 2.32. The Morgan fingerprint density at radius 1 is 1.00 bits per heavy atom. The number of aryl methyl sites for hydroxylation is 1. The second-order valence-electron chi connectivity index (χ2n) is 9.43. The van der Waals surface area contributed by atoms with E-state index in [0.717, 1.165) is 43.1 Å². The maximum absolute atomic E-state index is 13.0. The minimum atomic E-state index is -0.996. The first-order valence-electron chi connectivity index (χ1n) is 12.2. The largest absolute Gasteiger partial charge is 0.478 e. The number of nitrogens with zero attached hydrogens (tertiary/aromatic N) is 2. The third-order valence-electron chi connectivity index (χ3n) is 7.14. The van der Waals surface area contributed by atoms with Gasteiger partial charge in [-0.2, -0.15) is 0 Å². The molecule has 0 radical (unpaired) electrons. The molecule has 2 heterocycles. The Balaban J connectivity index is 1.43. The van der Waals surface area contributed by atoms with Crippen LogP contribution in [-0.2, 0) is 0 Å². The average molecular weight is 450 g/mol. The van der Waals surface area contributed by atoms with Gasteiger partial charge >= 0.3 is 5.97 Å². The quantitative estimate of drug-likeness (QED) is 0.620. The van der Waals surface area contributed by atoms with Gasteiger partial charge in [0.05, 0.1) is 16.9 Å². The van der Waals surface area contributed by atoms with Gasteiger partial charge in [-0.1, -0.05) is 24.6 Å². The van der Waals surface area contributed by atoms with Crippen LogP contribution in [0.3, 0.4) is 0 Å². The molecule has 0 saturated carbocycles. The number of likely N-dealkylation sites (tertiary alicyclic amines) is 1. The number of nitrogens with one attached hydrogen (secondary N) is 1. The van der Waals surface area contributed by atoms with Crippen molar-refractivity contribution >= 4 is 23.3 Å². The van der Waals surface area contributed by atoms with Gasteiger partial charge in [-0.15, -0.1) is 0 Å². The number of carboxylic acids is 1. The summed E-state index contributed by atoms with van der Waals surface area (Å²) in [6.45, 7) is 7.44. The normalized spacial score (nSPS) is 17.7. The molecule has 6 nitrogen and oxygen atoms in total. The van der Waals surface area contributed by atoms with E-state index in [0.29, 0.717) is 11.3 Å². The van der Waals surface area contributed by atoms with E-state index in [1.54, 1.807) is 18.2 Å². The molecule has 0 bridgehead atoms. The van der Waals surface area contributed by atoms with Crippen molar-refractivity contribution < 1.29 is 14.7 Å². The van der Waals surface area contributed by atoms with Crippen molar-refractivity contribution in [3.8, 4) is 0 Å². The van der Waals surface area contributed by atoms with Crippen molar-refractivity contribution in [2.75, 3.05) is 42.9 Å². The smallest absolute Gasteiger partial charge is 0.335 e. The summed E-state index contributed by atoms with van der Waals surface area (Å²) in [7, 11) is 0. The zero-order valence-electron chi connectivity index (χ0n) is 19.6. The van der Waals surface area contributed by atoms with Crippen LogP contribution in [0.5, 0.6) is 0 Å². The second-order valence-corrected chi connectivity index (χ2v) is 9.43. The molecular formula is C27H35N3O3. The van der Waals surface area contributed by atoms with Gasteiger partial charge in [0.15, 0.2) is 0 Å². The second kappa shape index (κ2) is 10.8. The molecule has 0 atom stereocenters. The van der Waals surface area contributed by atoms with Crippen LogP contribution in [0.4, 0.5) is 11.4 Å². The van der Waals surface area contributed by atoms with Crippen LogP contribution < -0.4 is 10.2 Å². The Labute approximate surface area is 196 Å². The molecule has 0 aliphatic carbocycles. The number of piperidine rings is 2. The summed E-state index contributed by atoms with van der Waals surface area (Å²) in [4.78, 5) is 29.4. The van der Waals surface area contributed by atoms with Crippen LogP contribution in [0, 0.1) is 12.8 Å². The van der Waals surface area contributed by atoms with Gasteiger partial charge in [-0.25, -0.2) is 4.79 Å². The summed E-state index contributed by atoms with van der Waals surface area (Å²) in [5.41, 5.74) is 3.13. The van der Waals surface area contributed by atoms with Gasteiger partial charge in [0.25, 0.3) is 5.91 Å². The fourth-order valence-electron chi connectivity index (χ4n) is 5.07. The van der Waals surface area contributed by atoms with Crippen molar-refractivity contribution in [3.63, 3.8) is 0 Å². The van der Waals surface area contributed by atoms with Crippen LogP contribution in [-0.4, -0.2) is 54.6 Å². The molecule has 2 aliphatic rings. The molecule has 176 valence electrons. The topological polar surface area (TPSA) is 72.9 Å². The number of anilines is 2. The Hall–Kier alpha value is -2.86. The van der Waals surface area contributed by atoms with Crippen molar-refractivity contribution in [1.29, 1.82) is 0 Å². The van der Waals surface area contributed by atoms with Gasteiger partial charge in [0.2, 0.25) is 0 Å². The zero-order chi connectivity index (χ0) is 23.2. The predicted molar refractivity (Wildman–Crippen MR) is 132 cm³/mol. The van der Waals surface area contributed by atoms with Crippen LogP contribution in [0.2, 0.25) is 0 Å². The number of hydrogen-bond donors (Lipinski definition) is 2. The van der Waals surface area contributed by atoms with Crippen LogP contribution >= 0.6 is 0 Å². The molecule has 0 aromatic heterocycles. The molecule has 2 aromatic rings. The van der Waals surface area contributed by atoms with Crippen molar-refractivity contribution in [2.45, 2.75) is 45.4 Å². The highest BCUT2D eigenvalue weighted by molar-refractivity contribution is 6.07. The van der Waals surface area contributed by atoms with E-state index in [4.69, 9.17) is 0 Å². The number of carbonyl (C=O) groups excluding carboxylic acids is 1.